The van der Waals surface area contributed by atoms with Gasteiger partial charge in [0.1, 0.15) is 6.07 Å². The predicted octanol–water partition coefficient (Wildman–Crippen LogP) is 0.682. The van der Waals surface area contributed by atoms with Crippen LogP contribution < -0.4 is 5.32 Å². The third kappa shape index (κ3) is 3.21. The van der Waals surface area contributed by atoms with Crippen molar-refractivity contribution in [1.29, 1.82) is 5.26 Å². The second kappa shape index (κ2) is 5.51. The molecule has 0 fully saturated rings. The molecule has 1 heterocycles. The lowest BCUT2D eigenvalue weighted by molar-refractivity contribution is -0.159. The second-order valence-corrected chi connectivity index (χ2v) is 3.24. The number of nitrogens with one attached hydrogen (secondary N) is 1. The molecule has 1 aliphatic rings. The Balaban J connectivity index is 0.000000209. The summed E-state index contributed by atoms with van der Waals surface area (Å²) in [5, 5.41) is 26.7. The van der Waals surface area contributed by atoms with E-state index in [9.17, 15) is 0 Å². The van der Waals surface area contributed by atoms with E-state index in [1.165, 1.54) is 5.56 Å². The average Bonchev–Trinajstić information content (AvgIpc) is 2.77. The molecule has 0 aromatic heterocycles. The van der Waals surface area contributed by atoms with E-state index in [0.717, 1.165) is 24.2 Å². The number of aliphatic carboxylic acids is 2. The summed E-state index contributed by atoms with van der Waals surface area (Å²) >= 11 is 0. The number of para-hydroxylation sites is 1. The highest BCUT2D eigenvalue weighted by Gasteiger charge is 2.12. The average molecular weight is 234 g/mol. The monoisotopic (exact) mass is 234 g/mol. The molecule has 0 bridgehead atoms. The first-order valence-corrected chi connectivity index (χ1v) is 4.78. The molecule has 0 aliphatic carbocycles. The van der Waals surface area contributed by atoms with Gasteiger partial charge in [-0.25, -0.2) is 9.59 Å². The molecule has 0 saturated heterocycles. The minimum atomic E-state index is -1.82. The smallest absolute Gasteiger partial charge is 0.414 e. The number of rotatable bonds is 0. The van der Waals surface area contributed by atoms with Crippen molar-refractivity contribution in [3.63, 3.8) is 0 Å². The van der Waals surface area contributed by atoms with Crippen LogP contribution in [0.4, 0.5) is 5.69 Å². The van der Waals surface area contributed by atoms with Crippen molar-refractivity contribution in [2.75, 3.05) is 11.9 Å². The first-order chi connectivity index (χ1) is 8.06. The molecule has 0 saturated carbocycles. The van der Waals surface area contributed by atoms with Gasteiger partial charge in [0, 0.05) is 6.54 Å². The third-order valence-corrected chi connectivity index (χ3v) is 2.15. The van der Waals surface area contributed by atoms with E-state index in [2.05, 4.69) is 17.5 Å². The van der Waals surface area contributed by atoms with Gasteiger partial charge in [0.05, 0.1) is 11.3 Å². The molecule has 1 aliphatic heterocycles. The van der Waals surface area contributed by atoms with Crippen molar-refractivity contribution >= 4 is 17.6 Å². The zero-order valence-electron chi connectivity index (χ0n) is 8.80. The predicted molar refractivity (Wildman–Crippen MR) is 58.6 cm³/mol. The summed E-state index contributed by atoms with van der Waals surface area (Å²) in [5.41, 5.74) is 3.07. The van der Waals surface area contributed by atoms with Gasteiger partial charge in [-0.2, -0.15) is 5.26 Å². The van der Waals surface area contributed by atoms with Crippen LogP contribution in [0.25, 0.3) is 0 Å². The first kappa shape index (κ1) is 12.5. The molecule has 1 aromatic rings. The fraction of sp³-hybridized carbons (Fsp3) is 0.182. The number of hydrogen-bond acceptors (Lipinski definition) is 4. The van der Waals surface area contributed by atoms with Crippen molar-refractivity contribution in [2.24, 2.45) is 0 Å². The van der Waals surface area contributed by atoms with Crippen LogP contribution in [0.15, 0.2) is 18.2 Å². The van der Waals surface area contributed by atoms with E-state index in [1.807, 2.05) is 12.1 Å². The molecule has 17 heavy (non-hydrogen) atoms. The Morgan fingerprint density at radius 3 is 2.47 bits per heavy atom. The van der Waals surface area contributed by atoms with Crippen LogP contribution in [-0.4, -0.2) is 28.7 Å². The maximum atomic E-state index is 9.10. The zero-order chi connectivity index (χ0) is 12.8. The molecular weight excluding hydrogens is 224 g/mol. The Morgan fingerprint density at radius 2 is 1.94 bits per heavy atom. The van der Waals surface area contributed by atoms with Gasteiger partial charge in [-0.3, -0.25) is 0 Å². The number of fused-ring (bicyclic) bond motifs is 1. The molecule has 6 heteroatoms. The van der Waals surface area contributed by atoms with E-state index < -0.39 is 11.9 Å². The number of anilines is 1. The maximum absolute atomic E-state index is 9.10. The molecule has 6 nitrogen and oxygen atoms in total. The number of carboxylic acids is 2. The Labute approximate surface area is 97.1 Å². The molecule has 0 amide bonds. The number of nitrogens with zero attached hydrogens (tertiary/aromatic N) is 1. The number of nitriles is 1. The zero-order valence-corrected chi connectivity index (χ0v) is 8.80. The SMILES string of the molecule is N#Cc1cccc2c1NCC2.O=C(O)C(=O)O. The summed E-state index contributed by atoms with van der Waals surface area (Å²) in [6, 6.07) is 8.01. The third-order valence-electron chi connectivity index (χ3n) is 2.15. The fourth-order valence-electron chi connectivity index (χ4n) is 1.43. The van der Waals surface area contributed by atoms with Gasteiger partial charge in [-0.05, 0) is 18.1 Å². The van der Waals surface area contributed by atoms with Gasteiger partial charge in [0.25, 0.3) is 0 Å². The minimum Gasteiger partial charge on any atom is -0.473 e. The lowest BCUT2D eigenvalue weighted by Gasteiger charge is -1.99. The van der Waals surface area contributed by atoms with Crippen LogP contribution in [0.5, 0.6) is 0 Å². The van der Waals surface area contributed by atoms with Gasteiger partial charge >= 0.3 is 11.9 Å². The Bertz CT molecular complexity index is 479. The van der Waals surface area contributed by atoms with E-state index in [1.54, 1.807) is 0 Å². The van der Waals surface area contributed by atoms with Gasteiger partial charge in [-0.1, -0.05) is 12.1 Å². The van der Waals surface area contributed by atoms with Crippen LogP contribution in [0.3, 0.4) is 0 Å². The molecule has 0 spiro atoms. The lowest BCUT2D eigenvalue weighted by atomic mass is 10.1. The summed E-state index contributed by atoms with van der Waals surface area (Å²) in [7, 11) is 0. The Kier molecular flexibility index (Phi) is 4.06. The van der Waals surface area contributed by atoms with Crippen molar-refractivity contribution in [1.82, 2.24) is 0 Å². The van der Waals surface area contributed by atoms with Gasteiger partial charge in [0.15, 0.2) is 0 Å². The quantitative estimate of drug-likeness (QED) is 0.569. The van der Waals surface area contributed by atoms with Crippen LogP contribution in [0.2, 0.25) is 0 Å². The largest absolute Gasteiger partial charge is 0.473 e. The molecule has 1 aromatic carbocycles. The van der Waals surface area contributed by atoms with Crippen LogP contribution in [0, 0.1) is 11.3 Å². The van der Waals surface area contributed by atoms with E-state index in [4.69, 9.17) is 25.1 Å². The minimum absolute atomic E-state index is 0.764. The number of benzene rings is 1. The second-order valence-electron chi connectivity index (χ2n) is 3.24. The highest BCUT2D eigenvalue weighted by Crippen LogP contribution is 2.25. The molecule has 0 atom stereocenters. The maximum Gasteiger partial charge on any atom is 0.414 e. The van der Waals surface area contributed by atoms with E-state index >= 15 is 0 Å². The molecule has 2 rings (SSSR count). The normalized spacial score (nSPS) is 11.2. The van der Waals surface area contributed by atoms with Gasteiger partial charge < -0.3 is 15.5 Å². The van der Waals surface area contributed by atoms with Crippen molar-refractivity contribution in [3.8, 4) is 6.07 Å². The topological polar surface area (TPSA) is 110 Å². The summed E-state index contributed by atoms with van der Waals surface area (Å²) in [5.74, 6) is -3.65. The summed E-state index contributed by atoms with van der Waals surface area (Å²) in [6.45, 7) is 0.966. The van der Waals surface area contributed by atoms with E-state index in [0.29, 0.717) is 0 Å². The molecule has 0 radical (unpaired) electrons. The van der Waals surface area contributed by atoms with Crippen molar-refractivity contribution < 1.29 is 19.8 Å². The summed E-state index contributed by atoms with van der Waals surface area (Å²) < 4.78 is 0. The highest BCUT2D eigenvalue weighted by molar-refractivity contribution is 6.27. The van der Waals surface area contributed by atoms with Gasteiger partial charge in [0.2, 0.25) is 0 Å². The van der Waals surface area contributed by atoms with Crippen LogP contribution in [0.1, 0.15) is 11.1 Å². The summed E-state index contributed by atoms with van der Waals surface area (Å²) in [6.07, 6.45) is 1.05. The molecule has 88 valence electrons. The molecule has 3 N–H and O–H groups in total. The van der Waals surface area contributed by atoms with Gasteiger partial charge in [-0.15, -0.1) is 0 Å². The van der Waals surface area contributed by atoms with Crippen molar-refractivity contribution in [3.05, 3.63) is 29.3 Å². The lowest BCUT2D eigenvalue weighted by Crippen LogP contribution is -2.09. The number of carbonyl (C=O) groups is 2. The van der Waals surface area contributed by atoms with Crippen LogP contribution in [-0.2, 0) is 16.0 Å². The number of carboxylic acid groups (broad SMARTS) is 2. The Hall–Kier alpha value is -2.55. The highest BCUT2D eigenvalue weighted by atomic mass is 16.4. The standard InChI is InChI=1S/C9H8N2.C2H2O4/c10-6-8-3-1-2-7-4-5-11-9(7)8;3-1(4)2(5)6/h1-3,11H,4-5H2;(H,3,4)(H,5,6). The first-order valence-electron chi connectivity index (χ1n) is 4.78. The van der Waals surface area contributed by atoms with E-state index in [-0.39, 0.29) is 0 Å². The molecular formula is C11H10N2O4. The fourth-order valence-corrected chi connectivity index (χ4v) is 1.43. The number of hydrogen-bond donors (Lipinski definition) is 3. The van der Waals surface area contributed by atoms with Crippen molar-refractivity contribution in [2.45, 2.75) is 6.42 Å². The van der Waals surface area contributed by atoms with Crippen LogP contribution >= 0.6 is 0 Å². The Morgan fingerprint density at radius 1 is 1.29 bits per heavy atom. The molecule has 0 unspecified atom stereocenters. The summed E-state index contributed by atoms with van der Waals surface area (Å²) in [4.78, 5) is 18.2.